The number of benzene rings is 2. The van der Waals surface area contributed by atoms with Crippen LogP contribution in [0.2, 0.25) is 0 Å². The molecule has 17 heavy (non-hydrogen) atoms. The van der Waals surface area contributed by atoms with Crippen LogP contribution in [0.3, 0.4) is 0 Å². The first-order valence-electron chi connectivity index (χ1n) is 6.33. The molecule has 1 heterocycles. The molecule has 1 N–H and O–H groups in total. The monoisotopic (exact) mass is 223 g/mol. The molecule has 0 saturated carbocycles. The van der Waals surface area contributed by atoms with Crippen LogP contribution >= 0.6 is 0 Å². The van der Waals surface area contributed by atoms with Crippen molar-refractivity contribution in [1.82, 2.24) is 5.32 Å². The lowest BCUT2D eigenvalue weighted by molar-refractivity contribution is 0.730. The highest BCUT2D eigenvalue weighted by Crippen LogP contribution is 2.20. The summed E-state index contributed by atoms with van der Waals surface area (Å²) in [5.41, 5.74) is 1.32. The Morgan fingerprint density at radius 2 is 1.94 bits per heavy atom. The van der Waals surface area contributed by atoms with Crippen molar-refractivity contribution in [3.8, 4) is 0 Å². The van der Waals surface area contributed by atoms with Gasteiger partial charge in [-0.3, -0.25) is 0 Å². The maximum absolute atomic E-state index is 3.49. The average Bonchev–Trinajstić information content (AvgIpc) is 2.89. The topological polar surface area (TPSA) is 12.0 Å². The average molecular weight is 223 g/mol. The van der Waals surface area contributed by atoms with Gasteiger partial charge >= 0.3 is 0 Å². The van der Waals surface area contributed by atoms with E-state index in [2.05, 4.69) is 59.9 Å². The summed E-state index contributed by atoms with van der Waals surface area (Å²) in [6.07, 6.45) is 7.12. The summed E-state index contributed by atoms with van der Waals surface area (Å²) in [6.45, 7) is 1.16. The van der Waals surface area contributed by atoms with E-state index < -0.39 is 0 Å². The Bertz CT molecular complexity index is 531. The van der Waals surface area contributed by atoms with Crippen LogP contribution in [0.4, 0.5) is 0 Å². The van der Waals surface area contributed by atoms with Gasteiger partial charge in [-0.05, 0) is 35.7 Å². The zero-order valence-corrected chi connectivity index (χ0v) is 9.89. The first kappa shape index (κ1) is 10.5. The van der Waals surface area contributed by atoms with Crippen LogP contribution in [-0.4, -0.2) is 12.6 Å². The molecule has 86 valence electrons. The zero-order valence-electron chi connectivity index (χ0n) is 9.89. The van der Waals surface area contributed by atoms with Gasteiger partial charge in [0.05, 0.1) is 0 Å². The quantitative estimate of drug-likeness (QED) is 0.820. The van der Waals surface area contributed by atoms with E-state index in [-0.39, 0.29) is 0 Å². The van der Waals surface area contributed by atoms with E-state index >= 15 is 0 Å². The van der Waals surface area contributed by atoms with Crippen LogP contribution in [0.25, 0.3) is 16.8 Å². The standard InChI is InChI=1S/C16H17N/c1-2-9-16-13(5-1)6-3-7-14(16)10-11-15-8-4-12-17-15/h1-3,5-7,9-11,15,17H,4,8,12H2. The second kappa shape index (κ2) is 4.72. The molecule has 1 fully saturated rings. The first-order valence-corrected chi connectivity index (χ1v) is 6.33. The minimum Gasteiger partial charge on any atom is -0.311 e. The molecule has 1 heteroatoms. The van der Waals surface area contributed by atoms with E-state index in [4.69, 9.17) is 0 Å². The maximum atomic E-state index is 3.49. The van der Waals surface area contributed by atoms with Crippen molar-refractivity contribution < 1.29 is 0 Å². The predicted octanol–water partition coefficient (Wildman–Crippen LogP) is 3.61. The van der Waals surface area contributed by atoms with E-state index in [0.29, 0.717) is 6.04 Å². The summed E-state index contributed by atoms with van der Waals surface area (Å²) in [5.74, 6) is 0. The minimum atomic E-state index is 0.564. The molecule has 1 aliphatic rings. The summed E-state index contributed by atoms with van der Waals surface area (Å²) in [7, 11) is 0. The minimum absolute atomic E-state index is 0.564. The van der Waals surface area contributed by atoms with Crippen LogP contribution in [0.1, 0.15) is 18.4 Å². The van der Waals surface area contributed by atoms with Gasteiger partial charge < -0.3 is 5.32 Å². The number of rotatable bonds is 2. The highest BCUT2D eigenvalue weighted by molar-refractivity contribution is 5.90. The molecule has 0 radical (unpaired) electrons. The molecule has 1 nitrogen and oxygen atoms in total. The molecule has 1 atom stereocenters. The molecule has 1 unspecified atom stereocenters. The summed E-state index contributed by atoms with van der Waals surface area (Å²) >= 11 is 0. The van der Waals surface area contributed by atoms with Crippen LogP contribution in [0.5, 0.6) is 0 Å². The molecule has 3 rings (SSSR count). The molecule has 0 spiro atoms. The summed E-state index contributed by atoms with van der Waals surface area (Å²) < 4.78 is 0. The van der Waals surface area contributed by atoms with Gasteiger partial charge in [-0.2, -0.15) is 0 Å². The summed E-state index contributed by atoms with van der Waals surface area (Å²) in [6, 6.07) is 15.6. The van der Waals surface area contributed by atoms with Gasteiger partial charge in [-0.15, -0.1) is 0 Å². The van der Waals surface area contributed by atoms with Crippen LogP contribution in [0, 0.1) is 0 Å². The van der Waals surface area contributed by atoms with Crippen LogP contribution < -0.4 is 5.32 Å². The van der Waals surface area contributed by atoms with Gasteiger partial charge in [-0.25, -0.2) is 0 Å². The summed E-state index contributed by atoms with van der Waals surface area (Å²) in [5, 5.41) is 6.14. The van der Waals surface area contributed by atoms with Crippen molar-refractivity contribution in [3.63, 3.8) is 0 Å². The van der Waals surface area contributed by atoms with E-state index in [0.717, 1.165) is 6.54 Å². The zero-order chi connectivity index (χ0) is 11.5. The Morgan fingerprint density at radius 3 is 2.82 bits per heavy atom. The Labute approximate surface area is 102 Å². The number of fused-ring (bicyclic) bond motifs is 1. The molecule has 0 amide bonds. The van der Waals surface area contributed by atoms with E-state index in [9.17, 15) is 0 Å². The molecular weight excluding hydrogens is 206 g/mol. The molecule has 0 aromatic heterocycles. The Morgan fingerprint density at radius 1 is 1.06 bits per heavy atom. The maximum Gasteiger partial charge on any atom is 0.0253 e. The summed E-state index contributed by atoms with van der Waals surface area (Å²) in [4.78, 5) is 0. The van der Waals surface area contributed by atoms with Gasteiger partial charge in [-0.1, -0.05) is 54.6 Å². The highest BCUT2D eigenvalue weighted by atomic mass is 14.9. The molecule has 1 saturated heterocycles. The van der Waals surface area contributed by atoms with Crippen molar-refractivity contribution in [2.45, 2.75) is 18.9 Å². The van der Waals surface area contributed by atoms with Crippen molar-refractivity contribution >= 4 is 16.8 Å². The van der Waals surface area contributed by atoms with Gasteiger partial charge in [0, 0.05) is 6.04 Å². The van der Waals surface area contributed by atoms with Gasteiger partial charge in [0.2, 0.25) is 0 Å². The molecule has 2 aromatic rings. The number of hydrogen-bond donors (Lipinski definition) is 1. The third kappa shape index (κ3) is 2.25. The first-order chi connectivity index (χ1) is 8.43. The normalized spacial score (nSPS) is 20.4. The molecule has 2 aromatic carbocycles. The SMILES string of the molecule is C(=CC1CCCN1)c1cccc2ccccc12. The Balaban J connectivity index is 1.94. The lowest BCUT2D eigenvalue weighted by atomic mass is 10.0. The van der Waals surface area contributed by atoms with Crippen molar-refractivity contribution in [2.75, 3.05) is 6.54 Å². The Hall–Kier alpha value is -1.60. The largest absolute Gasteiger partial charge is 0.311 e. The van der Waals surface area contributed by atoms with Gasteiger partial charge in [0.25, 0.3) is 0 Å². The smallest absolute Gasteiger partial charge is 0.0253 e. The van der Waals surface area contributed by atoms with E-state index in [1.54, 1.807) is 0 Å². The lowest BCUT2D eigenvalue weighted by Gasteiger charge is -2.04. The molecule has 1 aliphatic heterocycles. The van der Waals surface area contributed by atoms with E-state index in [1.165, 1.54) is 29.2 Å². The van der Waals surface area contributed by atoms with Crippen LogP contribution in [-0.2, 0) is 0 Å². The lowest BCUT2D eigenvalue weighted by Crippen LogP contribution is -2.17. The highest BCUT2D eigenvalue weighted by Gasteiger charge is 2.09. The fourth-order valence-corrected chi connectivity index (χ4v) is 2.49. The second-order valence-corrected chi connectivity index (χ2v) is 4.63. The third-order valence-electron chi connectivity index (χ3n) is 3.43. The van der Waals surface area contributed by atoms with Crippen molar-refractivity contribution in [2.24, 2.45) is 0 Å². The number of hydrogen-bond acceptors (Lipinski definition) is 1. The predicted molar refractivity (Wildman–Crippen MR) is 74.0 cm³/mol. The third-order valence-corrected chi connectivity index (χ3v) is 3.43. The second-order valence-electron chi connectivity index (χ2n) is 4.63. The van der Waals surface area contributed by atoms with Crippen molar-refractivity contribution in [3.05, 3.63) is 54.1 Å². The van der Waals surface area contributed by atoms with Crippen LogP contribution in [0.15, 0.2) is 48.5 Å². The molecule has 0 bridgehead atoms. The molecule has 0 aliphatic carbocycles. The fraction of sp³-hybridized carbons (Fsp3) is 0.250. The van der Waals surface area contributed by atoms with Gasteiger partial charge in [0.1, 0.15) is 0 Å². The molecular formula is C16H17N. The van der Waals surface area contributed by atoms with Crippen molar-refractivity contribution in [1.29, 1.82) is 0 Å². The van der Waals surface area contributed by atoms with Gasteiger partial charge in [0.15, 0.2) is 0 Å². The Kier molecular flexibility index (Phi) is 2.93. The van der Waals surface area contributed by atoms with E-state index in [1.807, 2.05) is 0 Å². The fourth-order valence-electron chi connectivity index (χ4n) is 2.49. The number of nitrogens with one attached hydrogen (secondary N) is 1.